The Hall–Kier alpha value is -1.84. The smallest absolute Gasteiger partial charge is 0.126 e. The third kappa shape index (κ3) is 1.46. The third-order valence-electron chi connectivity index (χ3n) is 1.98. The lowest BCUT2D eigenvalue weighted by molar-refractivity contribution is 0.471. The van der Waals surface area contributed by atoms with Crippen molar-refractivity contribution in [2.75, 3.05) is 0 Å². The number of hydrogen-bond acceptors (Lipinski definition) is 2. The Morgan fingerprint density at radius 1 is 1.43 bits per heavy atom. The zero-order chi connectivity index (χ0) is 10.1. The Bertz CT molecular complexity index is 465. The van der Waals surface area contributed by atoms with E-state index in [0.717, 1.165) is 11.6 Å². The van der Waals surface area contributed by atoms with Crippen LogP contribution in [0.2, 0.25) is 0 Å². The second-order valence-corrected chi connectivity index (χ2v) is 3.06. The van der Waals surface area contributed by atoms with E-state index in [0.29, 0.717) is 5.56 Å². The molecule has 0 aliphatic rings. The number of aryl methyl sites for hydroxylation is 1. The van der Waals surface area contributed by atoms with E-state index in [2.05, 4.69) is 5.10 Å². The highest BCUT2D eigenvalue weighted by Gasteiger charge is 2.06. The van der Waals surface area contributed by atoms with Crippen LogP contribution in [-0.4, -0.2) is 14.9 Å². The van der Waals surface area contributed by atoms with Gasteiger partial charge in [0.25, 0.3) is 0 Å². The van der Waals surface area contributed by atoms with Gasteiger partial charge in [0, 0.05) is 30.4 Å². The molecule has 14 heavy (non-hydrogen) atoms. The van der Waals surface area contributed by atoms with Gasteiger partial charge >= 0.3 is 0 Å². The van der Waals surface area contributed by atoms with Crippen LogP contribution in [0.25, 0.3) is 11.1 Å². The van der Waals surface area contributed by atoms with Gasteiger partial charge in [0.1, 0.15) is 11.6 Å². The van der Waals surface area contributed by atoms with Gasteiger partial charge in [-0.3, -0.25) is 4.68 Å². The molecule has 0 atom stereocenters. The first-order valence-corrected chi connectivity index (χ1v) is 4.14. The fourth-order valence-electron chi connectivity index (χ4n) is 1.31. The second kappa shape index (κ2) is 3.14. The summed E-state index contributed by atoms with van der Waals surface area (Å²) < 4.78 is 14.3. The predicted molar refractivity (Wildman–Crippen MR) is 50.3 cm³/mol. The van der Waals surface area contributed by atoms with Crippen molar-refractivity contribution in [3.05, 3.63) is 36.4 Å². The van der Waals surface area contributed by atoms with Crippen molar-refractivity contribution in [1.82, 2.24) is 9.78 Å². The van der Waals surface area contributed by atoms with Crippen molar-refractivity contribution in [3.8, 4) is 16.9 Å². The molecule has 0 aliphatic carbocycles. The number of halogens is 1. The Kier molecular flexibility index (Phi) is 1.96. The van der Waals surface area contributed by atoms with E-state index in [1.54, 1.807) is 24.1 Å². The van der Waals surface area contributed by atoms with Gasteiger partial charge in [-0.15, -0.1) is 0 Å². The lowest BCUT2D eigenvalue weighted by Crippen LogP contribution is -1.84. The maximum absolute atomic E-state index is 12.7. The summed E-state index contributed by atoms with van der Waals surface area (Å²) in [5.41, 5.74) is 1.35. The summed E-state index contributed by atoms with van der Waals surface area (Å²) in [6, 6.07) is 3.92. The molecule has 1 heterocycles. The molecule has 1 aromatic heterocycles. The van der Waals surface area contributed by atoms with Crippen LogP contribution in [0.4, 0.5) is 4.39 Å². The maximum atomic E-state index is 12.7. The third-order valence-corrected chi connectivity index (χ3v) is 1.98. The molecule has 0 saturated heterocycles. The monoisotopic (exact) mass is 192 g/mol. The average Bonchev–Trinajstić information content (AvgIpc) is 2.51. The lowest BCUT2D eigenvalue weighted by Gasteiger charge is -2.00. The number of hydrogen-bond donors (Lipinski definition) is 1. The minimum atomic E-state index is -0.449. The molecule has 0 amide bonds. The first-order valence-electron chi connectivity index (χ1n) is 4.14. The van der Waals surface area contributed by atoms with Gasteiger partial charge in [0.2, 0.25) is 0 Å². The molecule has 0 fully saturated rings. The zero-order valence-corrected chi connectivity index (χ0v) is 7.61. The number of rotatable bonds is 1. The maximum Gasteiger partial charge on any atom is 0.126 e. The zero-order valence-electron chi connectivity index (χ0n) is 7.61. The van der Waals surface area contributed by atoms with Gasteiger partial charge in [0.05, 0.1) is 6.20 Å². The van der Waals surface area contributed by atoms with Gasteiger partial charge < -0.3 is 5.11 Å². The Labute approximate surface area is 80.4 Å². The number of benzene rings is 1. The SMILES string of the molecule is Cn1cc(-c2ccc(F)cc2O)cn1. The molecule has 1 N–H and O–H groups in total. The molecule has 0 unspecified atom stereocenters. The highest BCUT2D eigenvalue weighted by Crippen LogP contribution is 2.28. The number of aromatic nitrogens is 2. The molecule has 0 spiro atoms. The highest BCUT2D eigenvalue weighted by atomic mass is 19.1. The normalized spacial score (nSPS) is 10.4. The summed E-state index contributed by atoms with van der Waals surface area (Å²) in [5.74, 6) is -0.520. The van der Waals surface area contributed by atoms with Crippen LogP contribution >= 0.6 is 0 Å². The van der Waals surface area contributed by atoms with E-state index in [1.165, 1.54) is 12.1 Å². The quantitative estimate of drug-likeness (QED) is 0.749. The molecular weight excluding hydrogens is 183 g/mol. The van der Waals surface area contributed by atoms with Gasteiger partial charge in [-0.2, -0.15) is 5.10 Å². The highest BCUT2D eigenvalue weighted by molar-refractivity contribution is 5.68. The summed E-state index contributed by atoms with van der Waals surface area (Å²) in [6.07, 6.45) is 3.37. The van der Waals surface area contributed by atoms with E-state index < -0.39 is 5.82 Å². The van der Waals surface area contributed by atoms with E-state index in [9.17, 15) is 9.50 Å². The molecular formula is C10H9FN2O. The molecule has 0 radical (unpaired) electrons. The average molecular weight is 192 g/mol. The standard InChI is InChI=1S/C10H9FN2O/c1-13-6-7(5-12-13)9-3-2-8(11)4-10(9)14/h2-6,14H,1H3. The summed E-state index contributed by atoms with van der Waals surface area (Å²) in [4.78, 5) is 0. The van der Waals surface area contributed by atoms with Crippen molar-refractivity contribution >= 4 is 0 Å². The number of phenols is 1. The van der Waals surface area contributed by atoms with Crippen LogP contribution < -0.4 is 0 Å². The van der Waals surface area contributed by atoms with Crippen molar-refractivity contribution in [2.24, 2.45) is 7.05 Å². The summed E-state index contributed by atoms with van der Waals surface area (Å²) in [7, 11) is 1.78. The largest absolute Gasteiger partial charge is 0.507 e. The van der Waals surface area contributed by atoms with Gasteiger partial charge in [-0.05, 0) is 12.1 Å². The van der Waals surface area contributed by atoms with Crippen molar-refractivity contribution in [1.29, 1.82) is 0 Å². The van der Waals surface area contributed by atoms with Crippen LogP contribution in [0.1, 0.15) is 0 Å². The van der Waals surface area contributed by atoms with Crippen molar-refractivity contribution in [3.63, 3.8) is 0 Å². The van der Waals surface area contributed by atoms with Crippen LogP contribution in [-0.2, 0) is 7.05 Å². The number of phenolic OH excluding ortho intramolecular Hbond substituents is 1. The lowest BCUT2D eigenvalue weighted by atomic mass is 10.1. The fourth-order valence-corrected chi connectivity index (χ4v) is 1.31. The molecule has 0 bridgehead atoms. The molecule has 2 aromatic rings. The Morgan fingerprint density at radius 3 is 2.79 bits per heavy atom. The molecule has 2 rings (SSSR count). The van der Waals surface area contributed by atoms with Crippen molar-refractivity contribution in [2.45, 2.75) is 0 Å². The topological polar surface area (TPSA) is 38.0 Å². The number of aromatic hydroxyl groups is 1. The summed E-state index contributed by atoms with van der Waals surface area (Å²) >= 11 is 0. The molecule has 0 aliphatic heterocycles. The minimum absolute atomic E-state index is 0.0713. The van der Waals surface area contributed by atoms with Crippen LogP contribution in [0.5, 0.6) is 5.75 Å². The molecule has 0 saturated carbocycles. The summed E-state index contributed by atoms with van der Waals surface area (Å²) in [5, 5.41) is 13.4. The molecule has 1 aromatic carbocycles. The van der Waals surface area contributed by atoms with Crippen LogP contribution in [0, 0.1) is 5.82 Å². The number of nitrogens with zero attached hydrogens (tertiary/aromatic N) is 2. The van der Waals surface area contributed by atoms with E-state index in [1.807, 2.05) is 0 Å². The predicted octanol–water partition coefficient (Wildman–Crippen LogP) is 1.93. The van der Waals surface area contributed by atoms with Gasteiger partial charge in [0.15, 0.2) is 0 Å². The fraction of sp³-hybridized carbons (Fsp3) is 0.100. The molecule has 4 heteroatoms. The first kappa shape index (κ1) is 8.74. The van der Waals surface area contributed by atoms with Crippen LogP contribution in [0.15, 0.2) is 30.6 Å². The van der Waals surface area contributed by atoms with Gasteiger partial charge in [-0.25, -0.2) is 4.39 Å². The van der Waals surface area contributed by atoms with Crippen LogP contribution in [0.3, 0.4) is 0 Å². The summed E-state index contributed by atoms with van der Waals surface area (Å²) in [6.45, 7) is 0. The van der Waals surface area contributed by atoms with E-state index in [-0.39, 0.29) is 5.75 Å². The van der Waals surface area contributed by atoms with Crippen molar-refractivity contribution < 1.29 is 9.50 Å². The van der Waals surface area contributed by atoms with Gasteiger partial charge in [-0.1, -0.05) is 0 Å². The first-order chi connectivity index (χ1) is 6.66. The van der Waals surface area contributed by atoms with E-state index >= 15 is 0 Å². The minimum Gasteiger partial charge on any atom is -0.507 e. The Morgan fingerprint density at radius 2 is 2.21 bits per heavy atom. The second-order valence-electron chi connectivity index (χ2n) is 3.06. The molecule has 3 nitrogen and oxygen atoms in total. The van der Waals surface area contributed by atoms with E-state index in [4.69, 9.17) is 0 Å². The Balaban J connectivity index is 2.52. The molecule has 72 valence electrons.